The van der Waals surface area contributed by atoms with Crippen LogP contribution in [0.2, 0.25) is 0 Å². The molecule has 0 fully saturated rings. The molecule has 1 atom stereocenters. The second kappa shape index (κ2) is 10.6. The van der Waals surface area contributed by atoms with Crippen LogP contribution in [0, 0.1) is 17.0 Å². The molecule has 1 aliphatic rings. The first-order valence-electron chi connectivity index (χ1n) is 12.0. The molecule has 0 unspecified atom stereocenters. The molecule has 0 amide bonds. The number of aromatic nitrogens is 1. The quantitative estimate of drug-likeness (QED) is 0.172. The number of allylic oxidation sites excluding steroid dienone is 1. The number of halogens is 1. The van der Waals surface area contributed by atoms with Gasteiger partial charge in [0.1, 0.15) is 11.5 Å². The highest BCUT2D eigenvalue weighted by Gasteiger charge is 2.33. The van der Waals surface area contributed by atoms with Gasteiger partial charge in [0.2, 0.25) is 0 Å². The van der Waals surface area contributed by atoms with Crippen LogP contribution in [0.1, 0.15) is 36.8 Å². The van der Waals surface area contributed by atoms with Crippen molar-refractivity contribution in [3.63, 3.8) is 0 Å². The van der Waals surface area contributed by atoms with E-state index in [1.807, 2.05) is 24.3 Å². The van der Waals surface area contributed by atoms with Crippen LogP contribution in [0.3, 0.4) is 0 Å². The van der Waals surface area contributed by atoms with Gasteiger partial charge in [-0.1, -0.05) is 45.5 Å². The first-order chi connectivity index (χ1) is 18.7. The number of esters is 1. The molecule has 198 valence electrons. The SMILES string of the molecule is CCOC(=O)C1=C(C)N=c2s/c(=C\c3ccc(-c4ccc(C)cc4[N+](=O)[O-])o3)c(=O)n2[C@@H]1c1ccc(Br)cc1. The summed E-state index contributed by atoms with van der Waals surface area (Å²) in [6.45, 7) is 5.41. The first-order valence-corrected chi connectivity index (χ1v) is 13.6. The number of nitro groups is 1. The summed E-state index contributed by atoms with van der Waals surface area (Å²) in [6.07, 6.45) is 1.58. The second-order valence-electron chi connectivity index (χ2n) is 8.83. The van der Waals surface area contributed by atoms with Gasteiger partial charge in [-0.15, -0.1) is 0 Å². The van der Waals surface area contributed by atoms with Crippen LogP contribution in [0.25, 0.3) is 17.4 Å². The maximum absolute atomic E-state index is 13.7. The van der Waals surface area contributed by atoms with E-state index in [-0.39, 0.29) is 17.9 Å². The largest absolute Gasteiger partial charge is 0.463 e. The van der Waals surface area contributed by atoms with Crippen LogP contribution in [0.15, 0.2) is 84.5 Å². The van der Waals surface area contributed by atoms with Crippen molar-refractivity contribution < 1.29 is 18.9 Å². The van der Waals surface area contributed by atoms with Crippen LogP contribution in [0.4, 0.5) is 5.69 Å². The van der Waals surface area contributed by atoms with Gasteiger partial charge in [0.05, 0.1) is 38.9 Å². The van der Waals surface area contributed by atoms with E-state index in [0.29, 0.717) is 37.7 Å². The molecule has 11 heteroatoms. The Hall–Kier alpha value is -4.09. The van der Waals surface area contributed by atoms with Gasteiger partial charge in [0, 0.05) is 16.6 Å². The predicted octanol–water partition coefficient (Wildman–Crippen LogP) is 5.04. The maximum atomic E-state index is 13.7. The molecule has 39 heavy (non-hydrogen) atoms. The molecular weight excluding hydrogens is 586 g/mol. The summed E-state index contributed by atoms with van der Waals surface area (Å²) in [6, 6.07) is 14.8. The van der Waals surface area contributed by atoms with Gasteiger partial charge >= 0.3 is 5.97 Å². The molecule has 0 saturated carbocycles. The fraction of sp³-hybridized carbons (Fsp3) is 0.179. The molecule has 2 aromatic carbocycles. The summed E-state index contributed by atoms with van der Waals surface area (Å²) in [5.41, 5.74) is 2.20. The zero-order valence-electron chi connectivity index (χ0n) is 21.1. The van der Waals surface area contributed by atoms with Crippen molar-refractivity contribution in [3.05, 3.63) is 117 Å². The van der Waals surface area contributed by atoms with E-state index >= 15 is 0 Å². The zero-order valence-corrected chi connectivity index (χ0v) is 23.5. The van der Waals surface area contributed by atoms with Crippen molar-refractivity contribution in [2.45, 2.75) is 26.8 Å². The molecule has 0 aliphatic carbocycles. The fourth-order valence-electron chi connectivity index (χ4n) is 4.46. The normalized spacial score (nSPS) is 15.2. The van der Waals surface area contributed by atoms with E-state index in [0.717, 1.165) is 15.6 Å². The van der Waals surface area contributed by atoms with Crippen molar-refractivity contribution in [2.75, 3.05) is 6.61 Å². The Kier molecular flexibility index (Phi) is 7.19. The first kappa shape index (κ1) is 26.5. The Labute approximate surface area is 234 Å². The highest BCUT2D eigenvalue weighted by molar-refractivity contribution is 9.10. The standard InChI is InChI=1S/C28H22BrN3O6S/c1-4-37-27(34)24-16(3)30-28-31(25(24)17-6-8-18(29)9-7-17)26(33)23(39-28)14-19-10-12-22(38-19)20-11-5-15(2)13-21(20)32(35)36/h5-14,25H,4H2,1-3H3/b23-14-/t25-/m1/s1. The fourth-order valence-corrected chi connectivity index (χ4v) is 5.75. The van der Waals surface area contributed by atoms with Crippen molar-refractivity contribution in [2.24, 2.45) is 4.99 Å². The molecule has 5 rings (SSSR count). The van der Waals surface area contributed by atoms with Crippen molar-refractivity contribution in [1.82, 2.24) is 4.57 Å². The minimum atomic E-state index is -0.724. The van der Waals surface area contributed by atoms with Gasteiger partial charge in [0.25, 0.3) is 11.2 Å². The number of hydrogen-bond acceptors (Lipinski definition) is 8. The number of benzene rings is 2. The maximum Gasteiger partial charge on any atom is 0.338 e. The smallest absolute Gasteiger partial charge is 0.338 e. The Morgan fingerprint density at radius 3 is 2.64 bits per heavy atom. The number of nitrogens with zero attached hydrogens (tertiary/aromatic N) is 3. The molecule has 4 aromatic rings. The van der Waals surface area contributed by atoms with E-state index in [1.165, 1.54) is 22.0 Å². The molecule has 9 nitrogen and oxygen atoms in total. The molecule has 0 spiro atoms. The Bertz CT molecular complexity index is 1830. The monoisotopic (exact) mass is 607 g/mol. The molecule has 0 radical (unpaired) electrons. The number of fused-ring (bicyclic) bond motifs is 1. The number of nitro benzene ring substituents is 1. The van der Waals surface area contributed by atoms with Crippen LogP contribution in [-0.4, -0.2) is 22.1 Å². The molecule has 0 N–H and O–H groups in total. The lowest BCUT2D eigenvalue weighted by atomic mass is 9.96. The third-order valence-electron chi connectivity index (χ3n) is 6.22. The van der Waals surface area contributed by atoms with Crippen LogP contribution in [-0.2, 0) is 9.53 Å². The Morgan fingerprint density at radius 2 is 1.95 bits per heavy atom. The Morgan fingerprint density at radius 1 is 1.21 bits per heavy atom. The summed E-state index contributed by atoms with van der Waals surface area (Å²) in [4.78, 5) is 42.8. The summed E-state index contributed by atoms with van der Waals surface area (Å²) in [7, 11) is 0. The Balaban J connectivity index is 1.63. The van der Waals surface area contributed by atoms with Gasteiger partial charge in [-0.3, -0.25) is 19.5 Å². The number of carbonyl (C=O) groups is 1. The molecule has 0 bridgehead atoms. The molecule has 0 saturated heterocycles. The van der Waals surface area contributed by atoms with Crippen LogP contribution < -0.4 is 14.9 Å². The lowest BCUT2D eigenvalue weighted by Gasteiger charge is -2.24. The third kappa shape index (κ3) is 5.02. The summed E-state index contributed by atoms with van der Waals surface area (Å²) < 4.78 is 13.9. The van der Waals surface area contributed by atoms with Gasteiger partial charge in [-0.25, -0.2) is 9.79 Å². The summed E-state index contributed by atoms with van der Waals surface area (Å²) >= 11 is 4.60. The molecular formula is C28H22BrN3O6S. The number of furan rings is 1. The molecule has 3 heterocycles. The minimum absolute atomic E-state index is 0.0632. The van der Waals surface area contributed by atoms with Crippen molar-refractivity contribution >= 4 is 45.0 Å². The molecule has 1 aliphatic heterocycles. The second-order valence-corrected chi connectivity index (χ2v) is 10.8. The average Bonchev–Trinajstić information content (AvgIpc) is 3.48. The van der Waals surface area contributed by atoms with E-state index in [2.05, 4.69) is 20.9 Å². The highest BCUT2D eigenvalue weighted by atomic mass is 79.9. The number of hydrogen-bond donors (Lipinski definition) is 0. The average molecular weight is 608 g/mol. The number of rotatable bonds is 6. The van der Waals surface area contributed by atoms with E-state index in [9.17, 15) is 19.7 Å². The summed E-state index contributed by atoms with van der Waals surface area (Å²) in [5.74, 6) is 0.136. The summed E-state index contributed by atoms with van der Waals surface area (Å²) in [5, 5.41) is 11.6. The van der Waals surface area contributed by atoms with Crippen molar-refractivity contribution in [1.29, 1.82) is 0 Å². The number of aryl methyl sites for hydroxylation is 1. The van der Waals surface area contributed by atoms with Crippen molar-refractivity contribution in [3.8, 4) is 11.3 Å². The number of carbonyl (C=O) groups excluding carboxylic acids is 1. The third-order valence-corrected chi connectivity index (χ3v) is 7.73. The number of ether oxygens (including phenoxy) is 1. The van der Waals surface area contributed by atoms with E-state index in [4.69, 9.17) is 9.15 Å². The van der Waals surface area contributed by atoms with Crippen LogP contribution in [0.5, 0.6) is 0 Å². The number of thiazole rings is 1. The van der Waals surface area contributed by atoms with Gasteiger partial charge in [0.15, 0.2) is 4.80 Å². The lowest BCUT2D eigenvalue weighted by molar-refractivity contribution is -0.384. The van der Waals surface area contributed by atoms with E-state index in [1.54, 1.807) is 51.1 Å². The van der Waals surface area contributed by atoms with Crippen LogP contribution >= 0.6 is 27.3 Å². The molecule has 2 aromatic heterocycles. The minimum Gasteiger partial charge on any atom is -0.463 e. The predicted molar refractivity (Wildman–Crippen MR) is 150 cm³/mol. The topological polar surface area (TPSA) is 117 Å². The zero-order chi connectivity index (χ0) is 27.8. The van der Waals surface area contributed by atoms with Gasteiger partial charge < -0.3 is 9.15 Å². The highest BCUT2D eigenvalue weighted by Crippen LogP contribution is 2.33. The van der Waals surface area contributed by atoms with Gasteiger partial charge in [-0.2, -0.15) is 0 Å². The van der Waals surface area contributed by atoms with Gasteiger partial charge in [-0.05, 0) is 62.2 Å². The lowest BCUT2D eigenvalue weighted by Crippen LogP contribution is -2.39. The van der Waals surface area contributed by atoms with E-state index < -0.39 is 16.9 Å².